The van der Waals surface area contributed by atoms with E-state index in [0.717, 1.165) is 37.7 Å². The molecule has 0 saturated carbocycles. The summed E-state index contributed by atoms with van der Waals surface area (Å²) < 4.78 is 10.6. The van der Waals surface area contributed by atoms with Gasteiger partial charge in [-0.15, -0.1) is 0 Å². The van der Waals surface area contributed by atoms with Crippen molar-refractivity contribution >= 4 is 12.1 Å². The predicted octanol–water partition coefficient (Wildman–Crippen LogP) is 3.20. The Morgan fingerprint density at radius 2 is 1.94 bits per heavy atom. The molecule has 2 aromatic rings. The summed E-state index contributed by atoms with van der Waals surface area (Å²) >= 11 is 0. The molecule has 2 N–H and O–H groups in total. The van der Waals surface area contributed by atoms with E-state index in [4.69, 9.17) is 9.15 Å². The molecule has 1 fully saturated rings. The van der Waals surface area contributed by atoms with Gasteiger partial charge in [0.1, 0.15) is 5.76 Å². The fourth-order valence-corrected chi connectivity index (χ4v) is 3.89. The minimum Gasteiger partial charge on any atom is -0.468 e. The third-order valence-corrected chi connectivity index (χ3v) is 5.60. The standard InChI is InChI=1S/C24H35N5O3/c1-4-31-24(30)29-13-11-21(12-14-29)27-23(25-2)26-16-19-8-5-6-9-20(19)17-28(3)18-22-10-7-15-32-22/h5-10,15,21H,4,11-14,16-18H2,1-3H3,(H2,25,26,27). The van der Waals surface area contributed by atoms with E-state index in [-0.39, 0.29) is 12.1 Å². The molecule has 0 bridgehead atoms. The normalized spacial score (nSPS) is 15.1. The number of piperidine rings is 1. The van der Waals surface area contributed by atoms with E-state index in [1.165, 1.54) is 11.1 Å². The molecule has 0 radical (unpaired) electrons. The molecule has 1 aliphatic rings. The first-order valence-corrected chi connectivity index (χ1v) is 11.3. The number of ether oxygens (including phenoxy) is 1. The van der Waals surface area contributed by atoms with Gasteiger partial charge in [-0.1, -0.05) is 24.3 Å². The van der Waals surface area contributed by atoms with E-state index in [1.54, 1.807) is 18.2 Å². The first-order chi connectivity index (χ1) is 15.6. The molecule has 1 saturated heterocycles. The lowest BCUT2D eigenvalue weighted by molar-refractivity contribution is 0.0963. The number of carbonyl (C=O) groups is 1. The molecule has 1 aromatic carbocycles. The minimum atomic E-state index is -0.220. The van der Waals surface area contributed by atoms with Crippen molar-refractivity contribution in [2.75, 3.05) is 33.8 Å². The van der Waals surface area contributed by atoms with Crippen LogP contribution in [0.3, 0.4) is 0 Å². The SMILES string of the molecule is CCOC(=O)N1CCC(NC(=NC)NCc2ccccc2CN(C)Cc2ccco2)CC1. The van der Waals surface area contributed by atoms with E-state index >= 15 is 0 Å². The molecule has 0 atom stereocenters. The third-order valence-electron chi connectivity index (χ3n) is 5.60. The largest absolute Gasteiger partial charge is 0.468 e. The lowest BCUT2D eigenvalue weighted by atomic mass is 10.1. The molecular weight excluding hydrogens is 406 g/mol. The van der Waals surface area contributed by atoms with Gasteiger partial charge in [0.25, 0.3) is 0 Å². The molecule has 32 heavy (non-hydrogen) atoms. The van der Waals surface area contributed by atoms with E-state index in [9.17, 15) is 4.79 Å². The van der Waals surface area contributed by atoms with Crippen molar-refractivity contribution in [1.29, 1.82) is 0 Å². The highest BCUT2D eigenvalue weighted by Gasteiger charge is 2.24. The second-order valence-corrected chi connectivity index (χ2v) is 8.05. The molecule has 0 unspecified atom stereocenters. The molecule has 0 spiro atoms. The summed E-state index contributed by atoms with van der Waals surface area (Å²) in [7, 11) is 3.88. The Morgan fingerprint density at radius 1 is 1.19 bits per heavy atom. The maximum absolute atomic E-state index is 11.9. The van der Waals surface area contributed by atoms with E-state index in [0.29, 0.717) is 26.2 Å². The first-order valence-electron chi connectivity index (χ1n) is 11.3. The van der Waals surface area contributed by atoms with Gasteiger partial charge in [-0.3, -0.25) is 9.89 Å². The van der Waals surface area contributed by atoms with Crippen molar-refractivity contribution in [2.45, 2.75) is 45.4 Å². The van der Waals surface area contributed by atoms with Gasteiger partial charge in [0.2, 0.25) is 0 Å². The number of furan rings is 1. The number of likely N-dealkylation sites (tertiary alicyclic amines) is 1. The average molecular weight is 442 g/mol. The Morgan fingerprint density at radius 3 is 2.59 bits per heavy atom. The molecule has 174 valence electrons. The topological polar surface area (TPSA) is 82.3 Å². The maximum Gasteiger partial charge on any atom is 0.409 e. The van der Waals surface area contributed by atoms with E-state index < -0.39 is 0 Å². The van der Waals surface area contributed by atoms with Crippen LogP contribution in [-0.2, 0) is 24.4 Å². The van der Waals surface area contributed by atoms with Crippen molar-refractivity contribution in [3.63, 3.8) is 0 Å². The number of nitrogens with one attached hydrogen (secondary N) is 2. The summed E-state index contributed by atoms with van der Waals surface area (Å²) in [5, 5.41) is 6.94. The summed E-state index contributed by atoms with van der Waals surface area (Å²) in [6.45, 7) is 5.91. The summed E-state index contributed by atoms with van der Waals surface area (Å²) in [6.07, 6.45) is 3.23. The Bertz CT molecular complexity index is 860. The van der Waals surface area contributed by atoms with Crippen molar-refractivity contribution in [1.82, 2.24) is 20.4 Å². The summed E-state index contributed by atoms with van der Waals surface area (Å²) in [4.78, 5) is 20.3. The van der Waals surface area contributed by atoms with Crippen molar-refractivity contribution in [2.24, 2.45) is 4.99 Å². The Labute approximate surface area is 190 Å². The third kappa shape index (κ3) is 7.02. The Kier molecular flexibility index (Phi) is 8.98. The van der Waals surface area contributed by atoms with E-state index in [2.05, 4.69) is 51.8 Å². The van der Waals surface area contributed by atoms with Gasteiger partial charge in [0, 0.05) is 39.3 Å². The van der Waals surface area contributed by atoms with Crippen molar-refractivity contribution in [3.8, 4) is 0 Å². The second kappa shape index (κ2) is 12.1. The number of benzene rings is 1. The van der Waals surface area contributed by atoms with Gasteiger partial charge in [-0.2, -0.15) is 0 Å². The highest BCUT2D eigenvalue weighted by Crippen LogP contribution is 2.14. The number of aliphatic imine (C=N–C) groups is 1. The number of hydrogen-bond donors (Lipinski definition) is 2. The van der Waals surface area contributed by atoms with Crippen LogP contribution in [0.2, 0.25) is 0 Å². The lowest BCUT2D eigenvalue weighted by Gasteiger charge is -2.32. The zero-order chi connectivity index (χ0) is 22.8. The molecular formula is C24H35N5O3. The first kappa shape index (κ1) is 23.7. The zero-order valence-electron chi connectivity index (χ0n) is 19.3. The van der Waals surface area contributed by atoms with Crippen LogP contribution in [0.4, 0.5) is 4.79 Å². The molecule has 2 heterocycles. The number of nitrogens with zero attached hydrogens (tertiary/aromatic N) is 3. The number of rotatable bonds is 8. The number of hydrogen-bond acceptors (Lipinski definition) is 5. The van der Waals surface area contributed by atoms with Crippen LogP contribution in [0.25, 0.3) is 0 Å². The number of carbonyl (C=O) groups excluding carboxylic acids is 1. The van der Waals surface area contributed by atoms with Crippen LogP contribution in [0, 0.1) is 0 Å². The van der Waals surface area contributed by atoms with Crippen LogP contribution in [0.5, 0.6) is 0 Å². The number of guanidine groups is 1. The van der Waals surface area contributed by atoms with Gasteiger partial charge in [0.15, 0.2) is 5.96 Å². The predicted molar refractivity (Wildman–Crippen MR) is 125 cm³/mol. The van der Waals surface area contributed by atoms with Crippen LogP contribution in [0.1, 0.15) is 36.7 Å². The Hall–Kier alpha value is -3.00. The number of amides is 1. The summed E-state index contributed by atoms with van der Waals surface area (Å²) in [6, 6.07) is 12.6. The van der Waals surface area contributed by atoms with Gasteiger partial charge in [-0.25, -0.2) is 4.79 Å². The molecule has 3 rings (SSSR count). The van der Waals surface area contributed by atoms with Crippen LogP contribution >= 0.6 is 0 Å². The maximum atomic E-state index is 11.9. The fourth-order valence-electron chi connectivity index (χ4n) is 3.89. The van der Waals surface area contributed by atoms with Gasteiger partial charge in [-0.05, 0) is 50.1 Å². The second-order valence-electron chi connectivity index (χ2n) is 8.05. The molecule has 1 aromatic heterocycles. The summed E-state index contributed by atoms with van der Waals surface area (Å²) in [5.41, 5.74) is 2.51. The average Bonchev–Trinajstić information content (AvgIpc) is 3.31. The highest BCUT2D eigenvalue weighted by molar-refractivity contribution is 5.80. The molecule has 0 aliphatic carbocycles. The summed E-state index contributed by atoms with van der Waals surface area (Å²) in [5.74, 6) is 1.74. The van der Waals surface area contributed by atoms with Gasteiger partial charge >= 0.3 is 6.09 Å². The minimum absolute atomic E-state index is 0.220. The lowest BCUT2D eigenvalue weighted by Crippen LogP contribution is -2.49. The molecule has 1 amide bonds. The molecule has 8 heteroatoms. The molecule has 8 nitrogen and oxygen atoms in total. The molecule has 1 aliphatic heterocycles. The Balaban J connectivity index is 1.48. The van der Waals surface area contributed by atoms with Crippen molar-refractivity contribution in [3.05, 3.63) is 59.5 Å². The van der Waals surface area contributed by atoms with Crippen LogP contribution < -0.4 is 10.6 Å². The monoisotopic (exact) mass is 441 g/mol. The zero-order valence-corrected chi connectivity index (χ0v) is 19.3. The highest BCUT2D eigenvalue weighted by atomic mass is 16.6. The van der Waals surface area contributed by atoms with E-state index in [1.807, 2.05) is 19.1 Å². The quantitative estimate of drug-likeness (QED) is 0.484. The van der Waals surface area contributed by atoms with Gasteiger partial charge in [0.05, 0.1) is 19.4 Å². The van der Waals surface area contributed by atoms with Crippen molar-refractivity contribution < 1.29 is 13.9 Å². The van der Waals surface area contributed by atoms with Crippen LogP contribution in [0.15, 0.2) is 52.1 Å². The smallest absolute Gasteiger partial charge is 0.409 e. The van der Waals surface area contributed by atoms with Gasteiger partial charge < -0.3 is 24.7 Å². The fraction of sp³-hybridized carbons (Fsp3) is 0.500. The van der Waals surface area contributed by atoms with Crippen LogP contribution in [-0.4, -0.2) is 61.7 Å².